The second-order valence-electron chi connectivity index (χ2n) is 5.14. The lowest BCUT2D eigenvalue weighted by atomic mass is 10.1. The quantitative estimate of drug-likeness (QED) is 0.223. The Morgan fingerprint density at radius 3 is 2.69 bits per heavy atom. The summed E-state index contributed by atoms with van der Waals surface area (Å²) in [5, 5.41) is 23.4. The predicted molar refractivity (Wildman–Crippen MR) is 110 cm³/mol. The number of non-ortho nitro benzene ring substituents is 1. The number of hydrogen-bond acceptors (Lipinski definition) is 6. The van der Waals surface area contributed by atoms with Gasteiger partial charge in [-0.2, -0.15) is 5.26 Å². The first-order chi connectivity index (χ1) is 12.5. The third-order valence-corrected chi connectivity index (χ3v) is 5.02. The van der Waals surface area contributed by atoms with Crippen LogP contribution < -0.4 is 5.73 Å². The molecule has 0 saturated heterocycles. The average Bonchev–Trinajstić information content (AvgIpc) is 2.62. The number of nitro benzene ring substituents is 1. The van der Waals surface area contributed by atoms with Crippen LogP contribution in [-0.2, 0) is 6.42 Å². The Morgan fingerprint density at radius 2 is 2.15 bits per heavy atom. The molecule has 7 heteroatoms. The molecular formula is C19H19N3O2S2. The van der Waals surface area contributed by atoms with E-state index in [1.54, 1.807) is 18.2 Å². The molecule has 0 aliphatic heterocycles. The molecule has 0 aliphatic carbocycles. The molecule has 1 aromatic rings. The van der Waals surface area contributed by atoms with Crippen molar-refractivity contribution in [1.82, 2.24) is 0 Å². The van der Waals surface area contributed by atoms with Gasteiger partial charge in [-0.15, -0.1) is 18.2 Å². The fourth-order valence-corrected chi connectivity index (χ4v) is 3.53. The molecule has 26 heavy (non-hydrogen) atoms. The van der Waals surface area contributed by atoms with Crippen LogP contribution >= 0.6 is 23.5 Å². The molecule has 0 aromatic heterocycles. The maximum atomic E-state index is 10.7. The Balaban J connectivity index is 2.78. The van der Waals surface area contributed by atoms with Crippen LogP contribution in [0.1, 0.15) is 12.5 Å². The molecule has 0 fully saturated rings. The van der Waals surface area contributed by atoms with E-state index in [1.807, 2.05) is 24.5 Å². The summed E-state index contributed by atoms with van der Waals surface area (Å²) in [7, 11) is 0. The van der Waals surface area contributed by atoms with Crippen molar-refractivity contribution in [2.45, 2.75) is 18.6 Å². The minimum absolute atomic E-state index is 0.0362. The zero-order valence-corrected chi connectivity index (χ0v) is 15.9. The fraction of sp³-hybridized carbons (Fsp3) is 0.211. The van der Waals surface area contributed by atoms with E-state index in [0.717, 1.165) is 22.9 Å². The number of thioether (sulfide) groups is 2. The van der Waals surface area contributed by atoms with Crippen LogP contribution in [0.4, 0.5) is 5.69 Å². The Labute approximate surface area is 162 Å². The van der Waals surface area contributed by atoms with Crippen molar-refractivity contribution in [3.63, 3.8) is 0 Å². The molecule has 0 heterocycles. The first kappa shape index (κ1) is 21.4. The number of nitriles is 1. The molecule has 2 N–H and O–H groups in total. The minimum atomic E-state index is -0.442. The van der Waals surface area contributed by atoms with Gasteiger partial charge in [0, 0.05) is 23.6 Å². The first-order valence-electron chi connectivity index (χ1n) is 7.64. The molecular weight excluding hydrogens is 366 g/mol. The van der Waals surface area contributed by atoms with Crippen molar-refractivity contribution in [1.29, 1.82) is 5.26 Å². The van der Waals surface area contributed by atoms with Gasteiger partial charge in [0.1, 0.15) is 5.40 Å². The van der Waals surface area contributed by atoms with E-state index in [0.29, 0.717) is 17.9 Å². The molecule has 0 radical (unpaired) electrons. The monoisotopic (exact) mass is 385 g/mol. The Bertz CT molecular complexity index is 784. The molecule has 1 aromatic carbocycles. The van der Waals surface area contributed by atoms with E-state index in [1.165, 1.54) is 23.9 Å². The highest BCUT2D eigenvalue weighted by molar-refractivity contribution is 8.04. The molecule has 1 rings (SSSR count). The van der Waals surface area contributed by atoms with Crippen molar-refractivity contribution in [2.75, 3.05) is 5.75 Å². The molecule has 0 spiro atoms. The number of hydrogen-bond donors (Lipinski definition) is 1. The van der Waals surface area contributed by atoms with Crippen molar-refractivity contribution in [3.8, 4) is 17.7 Å². The molecule has 1 atom stereocenters. The number of rotatable bonds is 9. The minimum Gasteiger partial charge on any atom is -0.401 e. The number of nitrogens with zero attached hydrogens (tertiary/aromatic N) is 2. The maximum absolute atomic E-state index is 10.7. The number of benzene rings is 1. The largest absolute Gasteiger partial charge is 0.401 e. The number of thiocyanates is 1. The van der Waals surface area contributed by atoms with Crippen LogP contribution in [0.15, 0.2) is 59.2 Å². The normalized spacial score (nSPS) is 13.2. The van der Waals surface area contributed by atoms with Crippen molar-refractivity contribution in [3.05, 3.63) is 74.8 Å². The predicted octanol–water partition coefficient (Wildman–Crippen LogP) is 4.39. The van der Waals surface area contributed by atoms with E-state index in [4.69, 9.17) is 17.4 Å². The van der Waals surface area contributed by atoms with Crippen LogP contribution in [0.25, 0.3) is 0 Å². The standard InChI is InChI=1S/C19H19N3O2S2/c1-3-5-16(6-4-2)12-25-13-18(21)19(26-14-20)11-15-7-9-17(10-8-15)22(23)24/h1,4-10,13,19H,11-12,21H2,2H3/b6-4-,16-5+,18-13-/t19-/m0/s1. The van der Waals surface area contributed by atoms with Crippen molar-refractivity contribution in [2.24, 2.45) is 5.73 Å². The molecule has 0 amide bonds. The number of nitro groups is 1. The summed E-state index contributed by atoms with van der Waals surface area (Å²) in [5.74, 6) is 3.18. The molecule has 0 aliphatic rings. The molecule has 5 nitrogen and oxygen atoms in total. The van der Waals surface area contributed by atoms with E-state index in [2.05, 4.69) is 11.3 Å². The summed E-state index contributed by atoms with van der Waals surface area (Å²) in [4.78, 5) is 10.3. The van der Waals surface area contributed by atoms with Crippen molar-refractivity contribution >= 4 is 29.2 Å². The zero-order valence-electron chi connectivity index (χ0n) is 14.3. The third-order valence-electron chi connectivity index (χ3n) is 3.25. The summed E-state index contributed by atoms with van der Waals surface area (Å²) < 4.78 is 0. The second-order valence-corrected chi connectivity index (χ2v) is 6.99. The summed E-state index contributed by atoms with van der Waals surface area (Å²) in [5.41, 5.74) is 8.65. The van der Waals surface area contributed by atoms with Gasteiger partial charge < -0.3 is 5.73 Å². The summed E-state index contributed by atoms with van der Waals surface area (Å²) in [6.07, 6.45) is 11.4. The highest BCUT2D eigenvalue weighted by Crippen LogP contribution is 2.24. The van der Waals surface area contributed by atoms with Crippen LogP contribution in [0, 0.1) is 33.1 Å². The lowest BCUT2D eigenvalue weighted by Crippen LogP contribution is -2.16. The Kier molecular flexibility index (Phi) is 9.78. The maximum Gasteiger partial charge on any atom is 0.269 e. The van der Waals surface area contributed by atoms with E-state index in [9.17, 15) is 10.1 Å². The number of terminal acetylenes is 1. The SMILES string of the molecule is C#C/C=C(\C=C/C)CS/C=C(\N)[C@H](Cc1ccc([N+](=O)[O-])cc1)SC#N. The topological polar surface area (TPSA) is 92.9 Å². The average molecular weight is 386 g/mol. The highest BCUT2D eigenvalue weighted by atomic mass is 32.2. The van der Waals surface area contributed by atoms with Gasteiger partial charge in [0.15, 0.2) is 0 Å². The third kappa shape index (κ3) is 7.52. The van der Waals surface area contributed by atoms with Crippen LogP contribution in [0.3, 0.4) is 0 Å². The molecule has 134 valence electrons. The van der Waals surface area contributed by atoms with E-state index < -0.39 is 4.92 Å². The van der Waals surface area contributed by atoms with Crippen LogP contribution in [0.5, 0.6) is 0 Å². The van der Waals surface area contributed by atoms with Crippen LogP contribution in [0.2, 0.25) is 0 Å². The molecule has 0 bridgehead atoms. The number of nitrogens with two attached hydrogens (primary N) is 1. The Hall–Kier alpha value is -2.61. The summed E-state index contributed by atoms with van der Waals surface area (Å²) >= 11 is 2.58. The van der Waals surface area contributed by atoms with Crippen LogP contribution in [-0.4, -0.2) is 15.9 Å². The van der Waals surface area contributed by atoms with Gasteiger partial charge in [0.05, 0.1) is 10.2 Å². The first-order valence-corrected chi connectivity index (χ1v) is 9.57. The second kappa shape index (κ2) is 11.9. The highest BCUT2D eigenvalue weighted by Gasteiger charge is 2.15. The summed E-state index contributed by atoms with van der Waals surface area (Å²) in [6.45, 7) is 1.92. The van der Waals surface area contributed by atoms with E-state index >= 15 is 0 Å². The van der Waals surface area contributed by atoms with Gasteiger partial charge in [-0.05, 0) is 47.7 Å². The molecule has 0 saturated carbocycles. The number of allylic oxidation sites excluding steroid dienone is 3. The van der Waals surface area contributed by atoms with Gasteiger partial charge in [-0.1, -0.05) is 30.2 Å². The molecule has 0 unspecified atom stereocenters. The lowest BCUT2D eigenvalue weighted by Gasteiger charge is -2.13. The van der Waals surface area contributed by atoms with Crippen molar-refractivity contribution < 1.29 is 4.92 Å². The van der Waals surface area contributed by atoms with Gasteiger partial charge in [-0.25, -0.2) is 0 Å². The smallest absolute Gasteiger partial charge is 0.269 e. The van der Waals surface area contributed by atoms with E-state index in [-0.39, 0.29) is 10.9 Å². The Morgan fingerprint density at radius 1 is 1.46 bits per heavy atom. The lowest BCUT2D eigenvalue weighted by molar-refractivity contribution is -0.384. The van der Waals surface area contributed by atoms with Gasteiger partial charge in [0.25, 0.3) is 5.69 Å². The van der Waals surface area contributed by atoms with Gasteiger partial charge >= 0.3 is 0 Å². The van der Waals surface area contributed by atoms with Gasteiger partial charge in [-0.3, -0.25) is 10.1 Å². The fourth-order valence-electron chi connectivity index (χ4n) is 2.03. The van der Waals surface area contributed by atoms with Gasteiger partial charge in [0.2, 0.25) is 0 Å². The summed E-state index contributed by atoms with van der Waals surface area (Å²) in [6, 6.07) is 6.27. The zero-order chi connectivity index (χ0) is 19.4.